The molecule has 0 N–H and O–H groups in total. The van der Waals surface area contributed by atoms with E-state index in [2.05, 4.69) is 0 Å². The Morgan fingerprint density at radius 3 is 2.13 bits per heavy atom. The molecule has 3 aliphatic heterocycles. The standard InChI is InChI=1S/C23H21Cl2N3O3/c1-12-7-9-13(10-8-12)26-21(30)18-19(17-14(24)5-4-6-15(17)25)28-23(2,3)11-16(29)27(28)20(18)22(26)31/h4-10,18-20H,11H2,1-3H3/t18-,19+,20+/m0/s1. The van der Waals surface area contributed by atoms with Crippen LogP contribution in [0.15, 0.2) is 42.5 Å². The lowest BCUT2D eigenvalue weighted by molar-refractivity contribution is -0.146. The monoisotopic (exact) mass is 457 g/mol. The molecule has 3 saturated heterocycles. The Morgan fingerprint density at radius 1 is 0.903 bits per heavy atom. The molecule has 31 heavy (non-hydrogen) atoms. The van der Waals surface area contributed by atoms with Crippen molar-refractivity contribution in [3.05, 3.63) is 63.6 Å². The number of anilines is 1. The van der Waals surface area contributed by atoms with Crippen LogP contribution in [0.4, 0.5) is 5.69 Å². The van der Waals surface area contributed by atoms with E-state index in [0.717, 1.165) is 5.56 Å². The van der Waals surface area contributed by atoms with E-state index in [1.807, 2.05) is 37.9 Å². The largest absolute Gasteiger partial charge is 0.274 e. The molecule has 3 aliphatic rings. The van der Waals surface area contributed by atoms with Gasteiger partial charge in [0.25, 0.3) is 5.91 Å². The van der Waals surface area contributed by atoms with Gasteiger partial charge in [-0.25, -0.2) is 9.91 Å². The highest BCUT2D eigenvalue weighted by atomic mass is 35.5. The van der Waals surface area contributed by atoms with Crippen LogP contribution >= 0.6 is 23.2 Å². The third-order valence-corrected chi connectivity index (χ3v) is 7.12. The molecule has 0 aromatic heterocycles. The maximum Gasteiger partial charge on any atom is 0.259 e. The Labute approximate surface area is 190 Å². The summed E-state index contributed by atoms with van der Waals surface area (Å²) in [5, 5.41) is 4.13. The molecule has 2 aromatic carbocycles. The van der Waals surface area contributed by atoms with Crippen molar-refractivity contribution >= 4 is 46.6 Å². The molecule has 0 radical (unpaired) electrons. The minimum atomic E-state index is -0.916. The minimum absolute atomic E-state index is 0.183. The van der Waals surface area contributed by atoms with Gasteiger partial charge in [-0.1, -0.05) is 47.0 Å². The SMILES string of the molecule is Cc1ccc(N2C(=O)[C@H]3[C@@H](c4c(Cl)cccc4Cl)N4N(C(=O)CC4(C)C)[C@H]3C2=O)cc1. The van der Waals surface area contributed by atoms with E-state index >= 15 is 0 Å². The zero-order chi connectivity index (χ0) is 22.2. The fourth-order valence-corrected chi connectivity index (χ4v) is 5.80. The third-order valence-electron chi connectivity index (χ3n) is 6.47. The van der Waals surface area contributed by atoms with Gasteiger partial charge < -0.3 is 0 Å². The Morgan fingerprint density at radius 2 is 1.52 bits per heavy atom. The fraction of sp³-hybridized carbons (Fsp3) is 0.348. The first-order chi connectivity index (χ1) is 14.6. The van der Waals surface area contributed by atoms with Gasteiger partial charge in [0.2, 0.25) is 11.8 Å². The van der Waals surface area contributed by atoms with Crippen LogP contribution in [0.25, 0.3) is 0 Å². The first kappa shape index (κ1) is 20.5. The summed E-state index contributed by atoms with van der Waals surface area (Å²) in [5.41, 5.74) is 1.49. The van der Waals surface area contributed by atoms with Gasteiger partial charge in [0.05, 0.1) is 17.6 Å². The topological polar surface area (TPSA) is 60.9 Å². The number of amides is 3. The summed E-state index contributed by atoms with van der Waals surface area (Å²) < 4.78 is 0. The highest BCUT2D eigenvalue weighted by Gasteiger charge is 2.68. The molecule has 3 atom stereocenters. The van der Waals surface area contributed by atoms with Gasteiger partial charge in [-0.15, -0.1) is 0 Å². The quantitative estimate of drug-likeness (QED) is 0.635. The van der Waals surface area contributed by atoms with Gasteiger partial charge in [0.15, 0.2) is 0 Å². The smallest absolute Gasteiger partial charge is 0.259 e. The summed E-state index contributed by atoms with van der Waals surface area (Å²) in [4.78, 5) is 41.5. The number of fused-ring (bicyclic) bond motifs is 3. The average molecular weight is 458 g/mol. The van der Waals surface area contributed by atoms with Crippen molar-refractivity contribution in [3.8, 4) is 0 Å². The Balaban J connectivity index is 1.69. The van der Waals surface area contributed by atoms with Gasteiger partial charge in [0.1, 0.15) is 6.04 Å². The number of rotatable bonds is 2. The van der Waals surface area contributed by atoms with Crippen LogP contribution in [0, 0.1) is 12.8 Å². The summed E-state index contributed by atoms with van der Waals surface area (Å²) in [6.07, 6.45) is 0.237. The van der Waals surface area contributed by atoms with E-state index in [9.17, 15) is 14.4 Å². The summed E-state index contributed by atoms with van der Waals surface area (Å²) in [6.45, 7) is 5.79. The second-order valence-corrected chi connectivity index (χ2v) is 9.78. The zero-order valence-corrected chi connectivity index (χ0v) is 18.8. The van der Waals surface area contributed by atoms with Gasteiger partial charge in [0, 0.05) is 27.6 Å². The molecule has 3 fully saturated rings. The highest BCUT2D eigenvalue weighted by molar-refractivity contribution is 6.36. The summed E-state index contributed by atoms with van der Waals surface area (Å²) in [7, 11) is 0. The van der Waals surface area contributed by atoms with Crippen molar-refractivity contribution in [1.82, 2.24) is 10.0 Å². The van der Waals surface area contributed by atoms with Crippen LogP contribution in [0.5, 0.6) is 0 Å². The first-order valence-corrected chi connectivity index (χ1v) is 10.9. The molecular formula is C23H21Cl2N3O3. The molecule has 0 bridgehead atoms. The van der Waals surface area contributed by atoms with Crippen LogP contribution in [-0.4, -0.2) is 39.3 Å². The van der Waals surface area contributed by atoms with Crippen LogP contribution in [0.1, 0.15) is 37.4 Å². The van der Waals surface area contributed by atoms with Crippen LogP contribution in [0.3, 0.4) is 0 Å². The number of benzene rings is 2. The maximum atomic E-state index is 13.7. The molecule has 0 aliphatic carbocycles. The lowest BCUT2D eigenvalue weighted by Crippen LogP contribution is -2.50. The fourth-order valence-electron chi connectivity index (χ4n) is 5.18. The molecule has 0 saturated carbocycles. The van der Waals surface area contributed by atoms with Crippen LogP contribution in [0.2, 0.25) is 10.0 Å². The third kappa shape index (κ3) is 2.78. The summed E-state index contributed by atoms with van der Waals surface area (Å²) in [5.74, 6) is -1.73. The zero-order valence-electron chi connectivity index (χ0n) is 17.3. The molecule has 8 heteroatoms. The summed E-state index contributed by atoms with van der Waals surface area (Å²) in [6, 6.07) is 10.8. The first-order valence-electron chi connectivity index (χ1n) is 10.1. The van der Waals surface area contributed by atoms with Crippen LogP contribution in [-0.2, 0) is 14.4 Å². The van der Waals surface area contributed by atoms with Crippen molar-refractivity contribution in [2.24, 2.45) is 5.92 Å². The molecule has 160 valence electrons. The lowest BCUT2D eigenvalue weighted by atomic mass is 9.87. The number of carbonyl (C=O) groups is 3. The molecule has 3 amide bonds. The van der Waals surface area contributed by atoms with Crippen molar-refractivity contribution in [1.29, 1.82) is 0 Å². The minimum Gasteiger partial charge on any atom is -0.274 e. The van der Waals surface area contributed by atoms with Crippen molar-refractivity contribution in [2.45, 2.75) is 44.8 Å². The van der Waals surface area contributed by atoms with E-state index in [1.54, 1.807) is 30.3 Å². The van der Waals surface area contributed by atoms with E-state index in [4.69, 9.17) is 23.2 Å². The number of carbonyl (C=O) groups excluding carboxylic acids is 3. The lowest BCUT2D eigenvalue weighted by Gasteiger charge is -2.38. The Bertz CT molecular complexity index is 1110. The van der Waals surface area contributed by atoms with E-state index in [0.29, 0.717) is 21.3 Å². The predicted molar refractivity (Wildman–Crippen MR) is 118 cm³/mol. The van der Waals surface area contributed by atoms with Crippen molar-refractivity contribution in [2.75, 3.05) is 4.90 Å². The van der Waals surface area contributed by atoms with Gasteiger partial charge in [-0.3, -0.25) is 19.4 Å². The number of hydrogen-bond acceptors (Lipinski definition) is 4. The second kappa shape index (κ2) is 6.79. The molecule has 5 rings (SSSR count). The molecule has 3 heterocycles. The molecule has 0 spiro atoms. The number of hydrazine groups is 1. The van der Waals surface area contributed by atoms with E-state index in [-0.39, 0.29) is 18.2 Å². The predicted octanol–water partition coefficient (Wildman–Crippen LogP) is 4.14. The number of imide groups is 1. The van der Waals surface area contributed by atoms with Crippen molar-refractivity contribution < 1.29 is 14.4 Å². The number of aryl methyl sites for hydroxylation is 1. The second-order valence-electron chi connectivity index (χ2n) is 8.97. The van der Waals surface area contributed by atoms with Gasteiger partial charge >= 0.3 is 0 Å². The maximum absolute atomic E-state index is 13.7. The number of halogens is 2. The summed E-state index contributed by atoms with van der Waals surface area (Å²) >= 11 is 13.1. The van der Waals surface area contributed by atoms with Gasteiger partial charge in [-0.2, -0.15) is 0 Å². The molecular weight excluding hydrogens is 437 g/mol. The number of hydrogen-bond donors (Lipinski definition) is 0. The highest BCUT2D eigenvalue weighted by Crippen LogP contribution is 2.55. The van der Waals surface area contributed by atoms with Gasteiger partial charge in [-0.05, 0) is 45.0 Å². The molecule has 6 nitrogen and oxygen atoms in total. The number of nitrogens with zero attached hydrogens (tertiary/aromatic N) is 3. The van der Waals surface area contributed by atoms with Crippen molar-refractivity contribution in [3.63, 3.8) is 0 Å². The Hall–Kier alpha value is -2.41. The Kier molecular flexibility index (Phi) is 4.49. The molecule has 2 aromatic rings. The molecule has 0 unspecified atom stereocenters. The van der Waals surface area contributed by atoms with E-state index in [1.165, 1.54) is 9.91 Å². The normalized spacial score (nSPS) is 27.3. The average Bonchev–Trinajstić information content (AvgIpc) is 3.25. The van der Waals surface area contributed by atoms with Crippen LogP contribution < -0.4 is 4.90 Å². The van der Waals surface area contributed by atoms with E-state index < -0.39 is 29.4 Å².